The maximum Gasteiger partial charge on any atom is 0.323 e. The smallest absolute Gasteiger partial charge is 0.323 e. The number of carbonyl (C=O) groups excluding carboxylic acids is 1. The van der Waals surface area contributed by atoms with E-state index in [4.69, 9.17) is 16.8 Å². The Bertz CT molecular complexity index is 1240. The van der Waals surface area contributed by atoms with Crippen LogP contribution in [0.4, 0.5) is 20.6 Å². The SMILES string of the molecule is Cc1c(F)cccc1NC(=O)Nc1ccc(Cl)c(S(=O)(=O)N2[C@@H]3CC[C@H]2C/C(=N\O)C3)c1O. The molecule has 9 nitrogen and oxygen atoms in total. The molecule has 176 valence electrons. The van der Waals surface area contributed by atoms with Crippen molar-refractivity contribution in [1.82, 2.24) is 4.31 Å². The summed E-state index contributed by atoms with van der Waals surface area (Å²) >= 11 is 6.18. The van der Waals surface area contributed by atoms with Crippen LogP contribution in [-0.2, 0) is 10.0 Å². The third kappa shape index (κ3) is 4.23. The molecule has 2 bridgehead atoms. The zero-order valence-electron chi connectivity index (χ0n) is 17.5. The second-order valence-electron chi connectivity index (χ2n) is 8.06. The fourth-order valence-corrected chi connectivity index (χ4v) is 6.91. The third-order valence-corrected chi connectivity index (χ3v) is 8.53. The number of anilines is 2. The number of benzene rings is 2. The number of aromatic hydroxyl groups is 1. The molecule has 2 aliphatic rings. The molecule has 0 aromatic heterocycles. The van der Waals surface area contributed by atoms with Gasteiger partial charge in [-0.2, -0.15) is 4.31 Å². The highest BCUT2D eigenvalue weighted by molar-refractivity contribution is 7.89. The van der Waals surface area contributed by atoms with Gasteiger partial charge >= 0.3 is 6.03 Å². The van der Waals surface area contributed by atoms with E-state index < -0.39 is 44.6 Å². The van der Waals surface area contributed by atoms with Gasteiger partial charge < -0.3 is 20.9 Å². The topological polar surface area (TPSA) is 131 Å². The minimum absolute atomic E-state index is 0.175. The molecule has 0 spiro atoms. The van der Waals surface area contributed by atoms with Crippen LogP contribution in [0.25, 0.3) is 0 Å². The van der Waals surface area contributed by atoms with Crippen LogP contribution in [0.1, 0.15) is 31.2 Å². The highest BCUT2D eigenvalue weighted by atomic mass is 35.5. The number of phenols is 1. The number of urea groups is 1. The minimum Gasteiger partial charge on any atom is -0.504 e. The number of hydrogen-bond donors (Lipinski definition) is 4. The Balaban J connectivity index is 1.62. The monoisotopic (exact) mass is 496 g/mol. The fraction of sp³-hybridized carbons (Fsp3) is 0.333. The van der Waals surface area contributed by atoms with Crippen molar-refractivity contribution < 1.29 is 27.9 Å². The molecule has 33 heavy (non-hydrogen) atoms. The second kappa shape index (κ2) is 8.81. The van der Waals surface area contributed by atoms with Crippen molar-refractivity contribution in [2.75, 3.05) is 10.6 Å². The average molecular weight is 497 g/mol. The number of rotatable bonds is 4. The van der Waals surface area contributed by atoms with Gasteiger partial charge in [0, 0.05) is 36.2 Å². The minimum atomic E-state index is -4.23. The molecule has 0 radical (unpaired) electrons. The van der Waals surface area contributed by atoms with Crippen molar-refractivity contribution in [1.29, 1.82) is 0 Å². The average Bonchev–Trinajstić information content (AvgIpc) is 3.05. The molecule has 0 unspecified atom stereocenters. The van der Waals surface area contributed by atoms with Crippen molar-refractivity contribution in [3.8, 4) is 5.75 Å². The fourth-order valence-electron chi connectivity index (χ4n) is 4.44. The van der Waals surface area contributed by atoms with Crippen LogP contribution in [0, 0.1) is 12.7 Å². The number of piperidine rings is 1. The van der Waals surface area contributed by atoms with Gasteiger partial charge in [-0.25, -0.2) is 17.6 Å². The normalized spacial score (nSPS) is 21.8. The van der Waals surface area contributed by atoms with Crippen LogP contribution in [0.15, 0.2) is 40.4 Å². The van der Waals surface area contributed by atoms with E-state index in [0.717, 1.165) is 0 Å². The first kappa shape index (κ1) is 23.3. The zero-order valence-corrected chi connectivity index (χ0v) is 19.1. The van der Waals surface area contributed by atoms with Gasteiger partial charge in [0.25, 0.3) is 0 Å². The van der Waals surface area contributed by atoms with Crippen molar-refractivity contribution in [3.05, 3.63) is 46.7 Å². The Labute approximate surface area is 194 Å². The van der Waals surface area contributed by atoms with E-state index in [9.17, 15) is 22.7 Å². The van der Waals surface area contributed by atoms with Gasteiger partial charge in [-0.05, 0) is 44.0 Å². The van der Waals surface area contributed by atoms with Gasteiger partial charge in [0.15, 0.2) is 5.75 Å². The number of hydrogen-bond acceptors (Lipinski definition) is 6. The van der Waals surface area contributed by atoms with E-state index in [1.165, 1.54) is 41.6 Å². The Hall–Kier alpha value is -2.89. The number of fused-ring (bicyclic) bond motifs is 2. The lowest BCUT2D eigenvalue weighted by atomic mass is 10.0. The summed E-state index contributed by atoms with van der Waals surface area (Å²) in [6.07, 6.45) is 1.76. The summed E-state index contributed by atoms with van der Waals surface area (Å²) < 4.78 is 42.0. The summed E-state index contributed by atoms with van der Waals surface area (Å²) in [4.78, 5) is 11.9. The molecule has 4 N–H and O–H groups in total. The molecule has 2 fully saturated rings. The zero-order chi connectivity index (χ0) is 23.9. The number of carbonyl (C=O) groups is 1. The van der Waals surface area contributed by atoms with Gasteiger partial charge in [-0.3, -0.25) is 0 Å². The predicted molar refractivity (Wildman–Crippen MR) is 121 cm³/mol. The lowest BCUT2D eigenvalue weighted by molar-refractivity contribution is 0.262. The maximum absolute atomic E-state index is 13.7. The molecular weight excluding hydrogens is 475 g/mol. The van der Waals surface area contributed by atoms with E-state index in [1.54, 1.807) is 0 Å². The van der Waals surface area contributed by atoms with Gasteiger partial charge in [0.1, 0.15) is 10.7 Å². The van der Waals surface area contributed by atoms with Crippen molar-refractivity contribution >= 4 is 44.7 Å². The quantitative estimate of drug-likeness (QED) is 0.285. The van der Waals surface area contributed by atoms with Crippen LogP contribution < -0.4 is 10.6 Å². The lowest BCUT2D eigenvalue weighted by Crippen LogP contribution is -2.46. The Morgan fingerprint density at radius 2 is 1.79 bits per heavy atom. The number of halogens is 2. The summed E-state index contributed by atoms with van der Waals surface area (Å²) in [6, 6.07) is 5.11. The van der Waals surface area contributed by atoms with Crippen LogP contribution in [0.3, 0.4) is 0 Å². The largest absolute Gasteiger partial charge is 0.504 e. The summed E-state index contributed by atoms with van der Waals surface area (Å²) in [5.41, 5.74) is 0.804. The molecule has 2 atom stereocenters. The van der Waals surface area contributed by atoms with E-state index >= 15 is 0 Å². The maximum atomic E-state index is 13.7. The summed E-state index contributed by atoms with van der Waals surface area (Å²) in [5, 5.41) is 27.8. The molecule has 4 rings (SSSR count). The molecule has 2 aromatic carbocycles. The van der Waals surface area contributed by atoms with E-state index in [-0.39, 0.29) is 34.8 Å². The van der Waals surface area contributed by atoms with Crippen molar-refractivity contribution in [2.45, 2.75) is 49.6 Å². The lowest BCUT2D eigenvalue weighted by Gasteiger charge is -2.34. The van der Waals surface area contributed by atoms with Crippen LogP contribution in [-0.4, -0.2) is 46.9 Å². The third-order valence-electron chi connectivity index (χ3n) is 6.02. The molecular formula is C21H22ClFN4O5S. The van der Waals surface area contributed by atoms with Crippen LogP contribution in [0.2, 0.25) is 5.02 Å². The molecule has 2 aromatic rings. The van der Waals surface area contributed by atoms with E-state index in [2.05, 4.69) is 15.8 Å². The summed E-state index contributed by atoms with van der Waals surface area (Å²) in [7, 11) is -4.23. The molecule has 0 aliphatic carbocycles. The first-order valence-corrected chi connectivity index (χ1v) is 12.0. The first-order chi connectivity index (χ1) is 15.6. The Morgan fingerprint density at radius 1 is 1.15 bits per heavy atom. The molecule has 2 aliphatic heterocycles. The Kier molecular flexibility index (Phi) is 6.21. The number of amides is 2. The number of oxime groups is 1. The van der Waals surface area contributed by atoms with Gasteiger partial charge in [-0.15, -0.1) is 0 Å². The molecule has 2 heterocycles. The second-order valence-corrected chi connectivity index (χ2v) is 10.2. The Morgan fingerprint density at radius 3 is 2.42 bits per heavy atom. The van der Waals surface area contributed by atoms with Gasteiger partial charge in [-0.1, -0.05) is 22.8 Å². The highest BCUT2D eigenvalue weighted by Gasteiger charge is 2.48. The number of nitrogens with zero attached hydrogens (tertiary/aromatic N) is 2. The highest BCUT2D eigenvalue weighted by Crippen LogP contribution is 2.44. The number of phenolic OH excluding ortho intramolecular Hbond substituents is 1. The van der Waals surface area contributed by atoms with Crippen molar-refractivity contribution in [3.63, 3.8) is 0 Å². The predicted octanol–water partition coefficient (Wildman–Crippen LogP) is 4.28. The molecule has 0 saturated carbocycles. The summed E-state index contributed by atoms with van der Waals surface area (Å²) in [5.74, 6) is -1.20. The van der Waals surface area contributed by atoms with E-state index in [0.29, 0.717) is 18.6 Å². The first-order valence-electron chi connectivity index (χ1n) is 10.2. The summed E-state index contributed by atoms with van der Waals surface area (Å²) in [6.45, 7) is 1.50. The van der Waals surface area contributed by atoms with Gasteiger partial charge in [0.05, 0.1) is 16.4 Å². The van der Waals surface area contributed by atoms with E-state index in [1.807, 2.05) is 0 Å². The number of nitrogens with one attached hydrogen (secondary N) is 2. The van der Waals surface area contributed by atoms with Crippen LogP contribution >= 0.6 is 11.6 Å². The molecule has 2 amide bonds. The standard InChI is InChI=1S/C21H22ClFN4O5S/c1-11-16(23)3-2-4-17(11)24-21(29)25-18-8-7-15(22)20(19(18)28)33(31,32)27-13-5-6-14(27)10-12(9-13)26-30/h2-4,7-8,13-14,28,30H,5-6,9-10H2,1H3,(H2,24,25,29)/b26-12-/t13-,14+/m1/s1. The van der Waals surface area contributed by atoms with Crippen LogP contribution in [0.5, 0.6) is 5.75 Å². The molecule has 12 heteroatoms. The van der Waals surface area contributed by atoms with Gasteiger partial charge in [0.2, 0.25) is 10.0 Å². The number of sulfonamides is 1. The van der Waals surface area contributed by atoms with Crippen molar-refractivity contribution in [2.24, 2.45) is 5.16 Å². The molecule has 2 saturated heterocycles.